The van der Waals surface area contributed by atoms with Crippen LogP contribution in [0.1, 0.15) is 5.82 Å². The maximum absolute atomic E-state index is 13.6. The number of imidazole rings is 1. The smallest absolute Gasteiger partial charge is 0.168 e. The number of aromatic nitrogens is 2. The van der Waals surface area contributed by atoms with Crippen LogP contribution >= 0.6 is 0 Å². The lowest BCUT2D eigenvalue weighted by molar-refractivity contribution is 0.199. The summed E-state index contributed by atoms with van der Waals surface area (Å²) in [4.78, 5) is 7.07. The molecule has 0 amide bonds. The van der Waals surface area contributed by atoms with Crippen LogP contribution in [0.3, 0.4) is 0 Å². The molecule has 19 heavy (non-hydrogen) atoms. The van der Waals surface area contributed by atoms with Gasteiger partial charge in [-0.05, 0) is 12.1 Å². The van der Waals surface area contributed by atoms with E-state index in [0.717, 1.165) is 6.07 Å². The van der Waals surface area contributed by atoms with Gasteiger partial charge in [-0.15, -0.1) is 0 Å². The molecule has 0 aliphatic carbocycles. The highest BCUT2D eigenvalue weighted by Crippen LogP contribution is 2.22. The Bertz CT molecular complexity index is 542. The first-order valence-electron chi connectivity index (χ1n) is 5.90. The van der Waals surface area contributed by atoms with Gasteiger partial charge < -0.3 is 15.0 Å². The van der Waals surface area contributed by atoms with E-state index in [2.05, 4.69) is 15.3 Å². The highest BCUT2D eigenvalue weighted by atomic mass is 19.2. The van der Waals surface area contributed by atoms with E-state index >= 15 is 0 Å². The second-order valence-corrected chi connectivity index (χ2v) is 4.01. The molecule has 102 valence electrons. The standard InChI is InChI=1S/C13H15F2N3O/c1-19-6-5-16-8-12-17-7-11(18-12)9-3-2-4-10(14)13(9)15/h2-4,7,16H,5-6,8H2,1H3,(H,17,18). The molecule has 0 unspecified atom stereocenters. The van der Waals surface area contributed by atoms with Crippen molar-refractivity contribution in [2.75, 3.05) is 20.3 Å². The van der Waals surface area contributed by atoms with Gasteiger partial charge >= 0.3 is 0 Å². The Kier molecular flexibility index (Phi) is 4.59. The number of benzene rings is 1. The third kappa shape index (κ3) is 3.36. The third-order valence-corrected chi connectivity index (χ3v) is 2.65. The molecule has 0 fully saturated rings. The maximum Gasteiger partial charge on any atom is 0.168 e. The third-order valence-electron chi connectivity index (χ3n) is 2.65. The summed E-state index contributed by atoms with van der Waals surface area (Å²) in [6, 6.07) is 4.06. The van der Waals surface area contributed by atoms with Gasteiger partial charge in [-0.3, -0.25) is 0 Å². The molecule has 0 spiro atoms. The zero-order valence-corrected chi connectivity index (χ0v) is 10.5. The van der Waals surface area contributed by atoms with Crippen molar-refractivity contribution in [2.45, 2.75) is 6.54 Å². The molecule has 0 aliphatic rings. The van der Waals surface area contributed by atoms with Crippen LogP contribution < -0.4 is 5.32 Å². The number of hydrogen-bond donors (Lipinski definition) is 2. The number of halogens is 2. The summed E-state index contributed by atoms with van der Waals surface area (Å²) in [5.41, 5.74) is 0.635. The first kappa shape index (κ1) is 13.6. The predicted molar refractivity (Wildman–Crippen MR) is 67.5 cm³/mol. The lowest BCUT2D eigenvalue weighted by Gasteiger charge is -2.02. The molecule has 0 radical (unpaired) electrons. The minimum Gasteiger partial charge on any atom is -0.383 e. The first-order chi connectivity index (χ1) is 9.22. The Morgan fingerprint density at radius 3 is 3.00 bits per heavy atom. The van der Waals surface area contributed by atoms with Crippen molar-refractivity contribution in [3.8, 4) is 11.3 Å². The molecule has 4 nitrogen and oxygen atoms in total. The Hall–Kier alpha value is -1.79. The average molecular weight is 267 g/mol. The van der Waals surface area contributed by atoms with Gasteiger partial charge in [0.25, 0.3) is 0 Å². The fourth-order valence-corrected chi connectivity index (χ4v) is 1.68. The van der Waals surface area contributed by atoms with Crippen molar-refractivity contribution in [1.29, 1.82) is 0 Å². The normalized spacial score (nSPS) is 10.9. The van der Waals surface area contributed by atoms with E-state index in [-0.39, 0.29) is 5.56 Å². The summed E-state index contributed by atoms with van der Waals surface area (Å²) in [6.07, 6.45) is 1.49. The SMILES string of the molecule is COCCNCc1ncc(-c2cccc(F)c2F)[nH]1. The molecule has 2 rings (SSSR count). The van der Waals surface area contributed by atoms with E-state index < -0.39 is 11.6 Å². The van der Waals surface area contributed by atoms with E-state index in [4.69, 9.17) is 4.74 Å². The molecular formula is C13H15F2N3O. The Labute approximate surface area is 109 Å². The second kappa shape index (κ2) is 6.40. The van der Waals surface area contributed by atoms with Crippen LogP contribution in [-0.2, 0) is 11.3 Å². The van der Waals surface area contributed by atoms with E-state index in [1.807, 2.05) is 0 Å². The Morgan fingerprint density at radius 2 is 2.21 bits per heavy atom. The van der Waals surface area contributed by atoms with Gasteiger partial charge in [-0.25, -0.2) is 13.8 Å². The molecule has 0 atom stereocenters. The van der Waals surface area contributed by atoms with Crippen LogP contribution in [0.4, 0.5) is 8.78 Å². The monoisotopic (exact) mass is 267 g/mol. The van der Waals surface area contributed by atoms with Crippen molar-refractivity contribution in [1.82, 2.24) is 15.3 Å². The van der Waals surface area contributed by atoms with Crippen LogP contribution in [0, 0.1) is 11.6 Å². The molecule has 2 N–H and O–H groups in total. The summed E-state index contributed by atoms with van der Waals surface area (Å²) < 4.78 is 31.6. The van der Waals surface area contributed by atoms with Gasteiger partial charge in [0.15, 0.2) is 11.6 Å². The average Bonchev–Trinajstić information content (AvgIpc) is 2.87. The zero-order chi connectivity index (χ0) is 13.7. The number of ether oxygens (including phenoxy) is 1. The van der Waals surface area contributed by atoms with E-state index in [9.17, 15) is 8.78 Å². The van der Waals surface area contributed by atoms with Crippen LogP contribution in [0.25, 0.3) is 11.3 Å². The molecule has 1 aromatic heterocycles. The summed E-state index contributed by atoms with van der Waals surface area (Å²) in [6.45, 7) is 1.81. The van der Waals surface area contributed by atoms with Gasteiger partial charge in [-0.1, -0.05) is 6.07 Å². The van der Waals surface area contributed by atoms with Crippen LogP contribution in [0.5, 0.6) is 0 Å². The molecule has 6 heteroatoms. The van der Waals surface area contributed by atoms with Crippen molar-refractivity contribution < 1.29 is 13.5 Å². The molecule has 0 saturated heterocycles. The van der Waals surface area contributed by atoms with Crippen LogP contribution in [0.15, 0.2) is 24.4 Å². The van der Waals surface area contributed by atoms with Gasteiger partial charge in [0, 0.05) is 19.2 Å². The minimum atomic E-state index is -0.870. The first-order valence-corrected chi connectivity index (χ1v) is 5.90. The van der Waals surface area contributed by atoms with Gasteiger partial charge in [0.05, 0.1) is 25.0 Å². The van der Waals surface area contributed by atoms with Crippen molar-refractivity contribution >= 4 is 0 Å². The highest BCUT2D eigenvalue weighted by molar-refractivity contribution is 5.59. The number of aromatic amines is 1. The van der Waals surface area contributed by atoms with Crippen molar-refractivity contribution in [3.63, 3.8) is 0 Å². The summed E-state index contributed by atoms with van der Waals surface area (Å²) in [7, 11) is 1.62. The fourth-order valence-electron chi connectivity index (χ4n) is 1.68. The van der Waals surface area contributed by atoms with E-state index in [0.29, 0.717) is 31.2 Å². The second-order valence-electron chi connectivity index (χ2n) is 4.01. The minimum absolute atomic E-state index is 0.177. The lowest BCUT2D eigenvalue weighted by Crippen LogP contribution is -2.19. The van der Waals surface area contributed by atoms with Gasteiger partial charge in [0.1, 0.15) is 5.82 Å². The summed E-state index contributed by atoms with van der Waals surface area (Å²) in [5.74, 6) is -1.08. The zero-order valence-electron chi connectivity index (χ0n) is 10.5. The highest BCUT2D eigenvalue weighted by Gasteiger charge is 2.11. The van der Waals surface area contributed by atoms with Crippen LogP contribution in [-0.4, -0.2) is 30.2 Å². The topological polar surface area (TPSA) is 49.9 Å². The summed E-state index contributed by atoms with van der Waals surface area (Å²) >= 11 is 0. The molecular weight excluding hydrogens is 252 g/mol. The predicted octanol–water partition coefficient (Wildman–Crippen LogP) is 2.09. The molecule has 1 aromatic carbocycles. The Balaban J connectivity index is 2.06. The van der Waals surface area contributed by atoms with E-state index in [1.54, 1.807) is 7.11 Å². The summed E-state index contributed by atoms with van der Waals surface area (Å²) in [5, 5.41) is 3.11. The largest absolute Gasteiger partial charge is 0.383 e. The molecule has 2 aromatic rings. The number of rotatable bonds is 6. The molecule has 0 saturated carbocycles. The molecule has 1 heterocycles. The van der Waals surface area contributed by atoms with Gasteiger partial charge in [-0.2, -0.15) is 0 Å². The van der Waals surface area contributed by atoms with Crippen molar-refractivity contribution in [3.05, 3.63) is 41.9 Å². The number of methoxy groups -OCH3 is 1. The molecule has 0 bridgehead atoms. The number of hydrogen-bond acceptors (Lipinski definition) is 3. The fraction of sp³-hybridized carbons (Fsp3) is 0.308. The number of nitrogens with zero attached hydrogens (tertiary/aromatic N) is 1. The van der Waals surface area contributed by atoms with E-state index in [1.165, 1.54) is 18.3 Å². The Morgan fingerprint density at radius 1 is 1.37 bits per heavy atom. The molecule has 0 aliphatic heterocycles. The maximum atomic E-state index is 13.6. The van der Waals surface area contributed by atoms with Crippen molar-refractivity contribution in [2.24, 2.45) is 0 Å². The van der Waals surface area contributed by atoms with Gasteiger partial charge in [0.2, 0.25) is 0 Å². The van der Waals surface area contributed by atoms with Crippen LogP contribution in [0.2, 0.25) is 0 Å². The lowest BCUT2D eigenvalue weighted by atomic mass is 10.1. The quantitative estimate of drug-likeness (QED) is 0.788. The number of H-pyrrole nitrogens is 1. The number of nitrogens with one attached hydrogen (secondary N) is 2.